The van der Waals surface area contributed by atoms with Crippen molar-refractivity contribution in [2.45, 2.75) is 6.42 Å². The predicted octanol–water partition coefficient (Wildman–Crippen LogP) is 1.13. The zero-order chi connectivity index (χ0) is 11.5. The monoisotopic (exact) mass is 241 g/mol. The largest absolute Gasteiger partial charge is 0.469 e. The third kappa shape index (κ3) is 2.24. The van der Waals surface area contributed by atoms with Gasteiger partial charge in [-0.15, -0.1) is 0 Å². The average molecular weight is 242 g/mol. The third-order valence-electron chi connectivity index (χ3n) is 2.66. The molecule has 0 saturated carbocycles. The number of carbonyl (C=O) groups excluding carboxylic acids is 1. The second-order valence-electron chi connectivity index (χ2n) is 3.64. The van der Waals surface area contributed by atoms with E-state index in [0.717, 1.165) is 18.8 Å². The molecule has 1 aliphatic heterocycles. The molecule has 0 N–H and O–H groups in total. The Hall–Kier alpha value is -1.36. The molecule has 86 valence electrons. The molecule has 0 spiro atoms. The fourth-order valence-corrected chi connectivity index (χ4v) is 1.97. The molecule has 1 fully saturated rings. The number of aromatic nitrogens is 2. The minimum Gasteiger partial charge on any atom is -0.469 e. The number of esters is 1. The second kappa shape index (κ2) is 4.65. The van der Waals surface area contributed by atoms with Crippen LogP contribution in [0.5, 0.6) is 0 Å². The first-order chi connectivity index (χ1) is 7.70. The summed E-state index contributed by atoms with van der Waals surface area (Å²) in [7, 11) is 1.41. The average Bonchev–Trinajstić information content (AvgIpc) is 2.77. The Kier molecular flexibility index (Phi) is 3.24. The lowest BCUT2D eigenvalue weighted by atomic mass is 10.1. The van der Waals surface area contributed by atoms with E-state index in [0.29, 0.717) is 6.54 Å². The summed E-state index contributed by atoms with van der Waals surface area (Å²) < 4.78 is 4.72. The van der Waals surface area contributed by atoms with Crippen molar-refractivity contribution in [1.29, 1.82) is 0 Å². The van der Waals surface area contributed by atoms with Crippen molar-refractivity contribution in [3.63, 3.8) is 0 Å². The van der Waals surface area contributed by atoms with Crippen LogP contribution in [0.25, 0.3) is 0 Å². The summed E-state index contributed by atoms with van der Waals surface area (Å²) in [6, 6.07) is 1.78. The first-order valence-electron chi connectivity index (χ1n) is 5.02. The molecule has 0 amide bonds. The molecule has 1 aromatic rings. The van der Waals surface area contributed by atoms with Crippen molar-refractivity contribution in [2.24, 2.45) is 5.92 Å². The smallest absolute Gasteiger partial charge is 0.310 e. The highest BCUT2D eigenvalue weighted by Crippen LogP contribution is 2.23. The number of hydrogen-bond donors (Lipinski definition) is 0. The summed E-state index contributed by atoms with van der Waals surface area (Å²) in [6.45, 7) is 1.41. The molecule has 6 heteroatoms. The molecule has 0 bridgehead atoms. The third-order valence-corrected chi connectivity index (χ3v) is 2.84. The van der Waals surface area contributed by atoms with Crippen molar-refractivity contribution in [2.75, 3.05) is 25.1 Å². The lowest BCUT2D eigenvalue weighted by Crippen LogP contribution is -2.24. The van der Waals surface area contributed by atoms with Crippen molar-refractivity contribution in [3.05, 3.63) is 17.5 Å². The SMILES string of the molecule is COC(=O)[C@H]1CCN(c2ccnc(Cl)n2)C1. The zero-order valence-corrected chi connectivity index (χ0v) is 9.65. The molecule has 2 rings (SSSR count). The van der Waals surface area contributed by atoms with Gasteiger partial charge in [0.15, 0.2) is 0 Å². The van der Waals surface area contributed by atoms with Crippen molar-refractivity contribution in [1.82, 2.24) is 9.97 Å². The second-order valence-corrected chi connectivity index (χ2v) is 3.98. The van der Waals surface area contributed by atoms with E-state index in [1.807, 2.05) is 4.90 Å². The summed E-state index contributed by atoms with van der Waals surface area (Å²) in [5, 5.41) is 0.221. The standard InChI is InChI=1S/C10H12ClN3O2/c1-16-9(15)7-3-5-14(6-7)8-2-4-12-10(11)13-8/h2,4,7H,3,5-6H2,1H3/t7-/m0/s1. The van der Waals surface area contributed by atoms with Crippen LogP contribution < -0.4 is 4.90 Å². The number of hydrogen-bond acceptors (Lipinski definition) is 5. The van der Waals surface area contributed by atoms with Crippen LogP contribution in [0, 0.1) is 5.92 Å². The molecule has 2 heterocycles. The molecular formula is C10H12ClN3O2. The molecule has 0 unspecified atom stereocenters. The van der Waals surface area contributed by atoms with Gasteiger partial charge in [-0.1, -0.05) is 0 Å². The van der Waals surface area contributed by atoms with Gasteiger partial charge in [0.25, 0.3) is 0 Å². The van der Waals surface area contributed by atoms with E-state index in [9.17, 15) is 4.79 Å². The Balaban J connectivity index is 2.06. The number of ether oxygens (including phenoxy) is 1. The maximum absolute atomic E-state index is 11.4. The van der Waals surface area contributed by atoms with Gasteiger partial charge in [0.1, 0.15) is 5.82 Å². The normalized spacial score (nSPS) is 19.9. The predicted molar refractivity (Wildman–Crippen MR) is 59.4 cm³/mol. The highest BCUT2D eigenvalue weighted by atomic mass is 35.5. The van der Waals surface area contributed by atoms with Crippen LogP contribution >= 0.6 is 11.6 Å². The van der Waals surface area contributed by atoms with Gasteiger partial charge in [0, 0.05) is 19.3 Å². The highest BCUT2D eigenvalue weighted by Gasteiger charge is 2.29. The van der Waals surface area contributed by atoms with E-state index >= 15 is 0 Å². The molecule has 0 aliphatic carbocycles. The number of methoxy groups -OCH3 is 1. The molecule has 1 aliphatic rings. The van der Waals surface area contributed by atoms with Gasteiger partial charge in [-0.3, -0.25) is 4.79 Å². The van der Waals surface area contributed by atoms with Crippen molar-refractivity contribution < 1.29 is 9.53 Å². The lowest BCUT2D eigenvalue weighted by molar-refractivity contribution is -0.144. The topological polar surface area (TPSA) is 55.3 Å². The van der Waals surface area contributed by atoms with Crippen LogP contribution in [-0.4, -0.2) is 36.1 Å². The molecule has 1 saturated heterocycles. The molecule has 5 nitrogen and oxygen atoms in total. The molecule has 0 aromatic carbocycles. The quantitative estimate of drug-likeness (QED) is 0.574. The Labute approximate surface area is 98.4 Å². The minimum atomic E-state index is -0.164. The van der Waals surface area contributed by atoms with Crippen LogP contribution in [0.4, 0.5) is 5.82 Å². The van der Waals surface area contributed by atoms with E-state index in [1.165, 1.54) is 7.11 Å². The summed E-state index contributed by atoms with van der Waals surface area (Å²) in [5.41, 5.74) is 0. The number of anilines is 1. The summed E-state index contributed by atoms with van der Waals surface area (Å²) in [6.07, 6.45) is 2.39. The van der Waals surface area contributed by atoms with E-state index in [1.54, 1.807) is 12.3 Å². The fourth-order valence-electron chi connectivity index (χ4n) is 1.83. The van der Waals surface area contributed by atoms with E-state index < -0.39 is 0 Å². The lowest BCUT2D eigenvalue weighted by Gasteiger charge is -2.16. The van der Waals surface area contributed by atoms with Gasteiger partial charge in [-0.2, -0.15) is 0 Å². The zero-order valence-electron chi connectivity index (χ0n) is 8.89. The summed E-state index contributed by atoms with van der Waals surface area (Å²) in [4.78, 5) is 21.3. The Bertz CT molecular complexity index is 399. The Morgan fingerprint density at radius 3 is 3.19 bits per heavy atom. The van der Waals surface area contributed by atoms with Crippen LogP contribution in [0.15, 0.2) is 12.3 Å². The number of carbonyl (C=O) groups is 1. The first-order valence-corrected chi connectivity index (χ1v) is 5.40. The van der Waals surface area contributed by atoms with Gasteiger partial charge < -0.3 is 9.64 Å². The molecular weight excluding hydrogens is 230 g/mol. The van der Waals surface area contributed by atoms with Crippen molar-refractivity contribution in [3.8, 4) is 0 Å². The van der Waals surface area contributed by atoms with Gasteiger partial charge in [0.05, 0.1) is 13.0 Å². The molecule has 1 aromatic heterocycles. The molecule has 16 heavy (non-hydrogen) atoms. The van der Waals surface area contributed by atoms with Crippen LogP contribution in [-0.2, 0) is 9.53 Å². The first kappa shape index (κ1) is 11.1. The minimum absolute atomic E-state index is 0.0706. The van der Waals surface area contributed by atoms with Gasteiger partial charge in [-0.05, 0) is 24.1 Å². The van der Waals surface area contributed by atoms with Crippen LogP contribution in [0.1, 0.15) is 6.42 Å². The molecule has 1 atom stereocenters. The van der Waals surface area contributed by atoms with E-state index in [2.05, 4.69) is 9.97 Å². The van der Waals surface area contributed by atoms with Crippen LogP contribution in [0.2, 0.25) is 5.28 Å². The number of rotatable bonds is 2. The van der Waals surface area contributed by atoms with E-state index in [4.69, 9.17) is 16.3 Å². The number of nitrogens with zero attached hydrogens (tertiary/aromatic N) is 3. The van der Waals surface area contributed by atoms with E-state index in [-0.39, 0.29) is 17.2 Å². The van der Waals surface area contributed by atoms with Crippen molar-refractivity contribution >= 4 is 23.4 Å². The van der Waals surface area contributed by atoms with Gasteiger partial charge >= 0.3 is 5.97 Å². The fraction of sp³-hybridized carbons (Fsp3) is 0.500. The highest BCUT2D eigenvalue weighted by molar-refractivity contribution is 6.28. The maximum atomic E-state index is 11.4. The Morgan fingerprint density at radius 2 is 2.50 bits per heavy atom. The summed E-state index contributed by atoms with van der Waals surface area (Å²) in [5.74, 6) is 0.521. The van der Waals surface area contributed by atoms with Gasteiger partial charge in [-0.25, -0.2) is 9.97 Å². The van der Waals surface area contributed by atoms with Gasteiger partial charge in [0.2, 0.25) is 5.28 Å². The molecule has 0 radical (unpaired) electrons. The van der Waals surface area contributed by atoms with Crippen LogP contribution in [0.3, 0.4) is 0 Å². The Morgan fingerprint density at radius 1 is 1.69 bits per heavy atom. The maximum Gasteiger partial charge on any atom is 0.310 e. The number of halogens is 1. The summed E-state index contributed by atoms with van der Waals surface area (Å²) >= 11 is 5.71.